The van der Waals surface area contributed by atoms with Crippen LogP contribution in [0.1, 0.15) is 16.3 Å². The van der Waals surface area contributed by atoms with E-state index < -0.39 is 5.97 Å². The van der Waals surface area contributed by atoms with Crippen molar-refractivity contribution >= 4 is 23.5 Å². The SMILES string of the molecule is C#CCSCCn1c(C)nc(C(=O)OC)c1N. The second-order valence-corrected chi connectivity index (χ2v) is 4.40. The Morgan fingerprint density at radius 2 is 2.41 bits per heavy atom. The molecule has 0 spiro atoms. The Kier molecular flexibility index (Phi) is 4.91. The summed E-state index contributed by atoms with van der Waals surface area (Å²) in [6, 6.07) is 0. The zero-order valence-electron chi connectivity index (χ0n) is 9.90. The average molecular weight is 253 g/mol. The van der Waals surface area contributed by atoms with E-state index in [-0.39, 0.29) is 5.69 Å². The van der Waals surface area contributed by atoms with Crippen LogP contribution in [0.4, 0.5) is 5.82 Å². The van der Waals surface area contributed by atoms with Gasteiger partial charge in [-0.1, -0.05) is 5.92 Å². The molecule has 0 aliphatic carbocycles. The van der Waals surface area contributed by atoms with E-state index in [0.29, 0.717) is 23.9 Å². The van der Waals surface area contributed by atoms with Crippen LogP contribution < -0.4 is 5.73 Å². The maximum absolute atomic E-state index is 11.4. The summed E-state index contributed by atoms with van der Waals surface area (Å²) < 4.78 is 6.39. The molecule has 0 aliphatic rings. The van der Waals surface area contributed by atoms with E-state index in [1.807, 2.05) is 0 Å². The van der Waals surface area contributed by atoms with Gasteiger partial charge in [0, 0.05) is 12.3 Å². The van der Waals surface area contributed by atoms with E-state index in [1.54, 1.807) is 23.3 Å². The minimum Gasteiger partial charge on any atom is -0.464 e. The van der Waals surface area contributed by atoms with Gasteiger partial charge in [-0.3, -0.25) is 0 Å². The van der Waals surface area contributed by atoms with Gasteiger partial charge in [0.25, 0.3) is 0 Å². The third-order valence-corrected chi connectivity index (χ3v) is 3.06. The van der Waals surface area contributed by atoms with E-state index >= 15 is 0 Å². The van der Waals surface area contributed by atoms with Crippen LogP contribution in [-0.4, -0.2) is 34.1 Å². The third-order valence-electron chi connectivity index (χ3n) is 2.22. The van der Waals surface area contributed by atoms with Gasteiger partial charge in [-0.05, 0) is 6.92 Å². The summed E-state index contributed by atoms with van der Waals surface area (Å²) in [7, 11) is 1.30. The van der Waals surface area contributed by atoms with Crippen molar-refractivity contribution in [3.8, 4) is 12.3 Å². The second-order valence-electron chi connectivity index (χ2n) is 3.29. The maximum Gasteiger partial charge on any atom is 0.360 e. The first-order chi connectivity index (χ1) is 8.11. The smallest absolute Gasteiger partial charge is 0.360 e. The number of imidazole rings is 1. The van der Waals surface area contributed by atoms with Crippen molar-refractivity contribution in [3.05, 3.63) is 11.5 Å². The Morgan fingerprint density at radius 1 is 1.71 bits per heavy atom. The minimum absolute atomic E-state index is 0.173. The van der Waals surface area contributed by atoms with Crippen LogP contribution in [-0.2, 0) is 11.3 Å². The predicted octanol–water partition coefficient (Wildman–Crippen LogP) is 0.927. The summed E-state index contributed by atoms with van der Waals surface area (Å²) in [6.45, 7) is 2.47. The van der Waals surface area contributed by atoms with E-state index in [9.17, 15) is 4.79 Å². The standard InChI is InChI=1S/C11H15N3O2S/c1-4-6-17-7-5-14-8(2)13-9(10(14)12)11(15)16-3/h1H,5-7,12H2,2-3H3. The number of carbonyl (C=O) groups is 1. The highest BCUT2D eigenvalue weighted by atomic mass is 32.2. The molecule has 0 amide bonds. The minimum atomic E-state index is -0.513. The summed E-state index contributed by atoms with van der Waals surface area (Å²) in [5, 5.41) is 0. The van der Waals surface area contributed by atoms with Gasteiger partial charge in [0.05, 0.1) is 12.9 Å². The van der Waals surface area contributed by atoms with Crippen molar-refractivity contribution in [2.45, 2.75) is 13.5 Å². The fourth-order valence-electron chi connectivity index (χ4n) is 1.40. The van der Waals surface area contributed by atoms with E-state index in [0.717, 1.165) is 5.75 Å². The predicted molar refractivity (Wildman–Crippen MR) is 68.9 cm³/mol. The van der Waals surface area contributed by atoms with Crippen LogP contribution in [0.25, 0.3) is 0 Å². The van der Waals surface area contributed by atoms with Gasteiger partial charge in [0.1, 0.15) is 11.6 Å². The van der Waals surface area contributed by atoms with Gasteiger partial charge in [-0.2, -0.15) is 0 Å². The Bertz CT molecular complexity index is 448. The molecule has 0 saturated heterocycles. The summed E-state index contributed by atoms with van der Waals surface area (Å²) in [5.74, 6) is 4.57. The van der Waals surface area contributed by atoms with Crippen molar-refractivity contribution in [2.24, 2.45) is 0 Å². The van der Waals surface area contributed by atoms with Crippen LogP contribution in [0, 0.1) is 19.3 Å². The molecule has 0 aromatic carbocycles. The fourth-order valence-corrected chi connectivity index (χ4v) is 1.97. The number of hydrogen-bond donors (Lipinski definition) is 1. The Hall–Kier alpha value is -1.61. The van der Waals surface area contributed by atoms with Crippen molar-refractivity contribution < 1.29 is 9.53 Å². The number of anilines is 1. The molecule has 17 heavy (non-hydrogen) atoms. The largest absolute Gasteiger partial charge is 0.464 e. The molecule has 6 heteroatoms. The van der Waals surface area contributed by atoms with Gasteiger partial charge in [0.2, 0.25) is 0 Å². The number of hydrogen-bond acceptors (Lipinski definition) is 5. The van der Waals surface area contributed by atoms with Crippen LogP contribution in [0.5, 0.6) is 0 Å². The molecule has 0 bridgehead atoms. The van der Waals surface area contributed by atoms with E-state index in [4.69, 9.17) is 12.2 Å². The van der Waals surface area contributed by atoms with Gasteiger partial charge in [-0.25, -0.2) is 9.78 Å². The average Bonchev–Trinajstić information content (AvgIpc) is 2.60. The number of aryl methyl sites for hydroxylation is 1. The zero-order valence-corrected chi connectivity index (χ0v) is 10.7. The lowest BCUT2D eigenvalue weighted by Gasteiger charge is -2.06. The van der Waals surface area contributed by atoms with Gasteiger partial charge in [0.15, 0.2) is 5.69 Å². The number of nitrogens with zero attached hydrogens (tertiary/aromatic N) is 2. The number of methoxy groups -OCH3 is 1. The van der Waals surface area contributed by atoms with Gasteiger partial charge in [-0.15, -0.1) is 18.2 Å². The topological polar surface area (TPSA) is 70.1 Å². The molecule has 2 N–H and O–H groups in total. The first-order valence-electron chi connectivity index (χ1n) is 5.04. The Labute approximate surface area is 105 Å². The van der Waals surface area contributed by atoms with Gasteiger partial charge >= 0.3 is 5.97 Å². The van der Waals surface area contributed by atoms with Crippen LogP contribution in [0.15, 0.2) is 0 Å². The van der Waals surface area contributed by atoms with Gasteiger partial charge < -0.3 is 15.0 Å². The first kappa shape index (κ1) is 13.5. The lowest BCUT2D eigenvalue weighted by Crippen LogP contribution is -2.10. The molecule has 1 heterocycles. The van der Waals surface area contributed by atoms with Crippen molar-refractivity contribution in [3.63, 3.8) is 0 Å². The Balaban J connectivity index is 2.76. The molecule has 0 saturated carbocycles. The highest BCUT2D eigenvalue weighted by Crippen LogP contribution is 2.16. The summed E-state index contributed by atoms with van der Waals surface area (Å²) in [6.07, 6.45) is 5.15. The highest BCUT2D eigenvalue weighted by molar-refractivity contribution is 7.99. The lowest BCUT2D eigenvalue weighted by atomic mass is 10.4. The summed E-state index contributed by atoms with van der Waals surface area (Å²) >= 11 is 1.63. The molecular formula is C11H15N3O2S. The quantitative estimate of drug-likeness (QED) is 0.480. The number of nitrogen functional groups attached to an aromatic ring is 1. The van der Waals surface area contributed by atoms with Crippen LogP contribution in [0.3, 0.4) is 0 Å². The number of nitrogens with two attached hydrogens (primary N) is 1. The van der Waals surface area contributed by atoms with Crippen LogP contribution >= 0.6 is 11.8 Å². The number of esters is 1. The monoisotopic (exact) mass is 253 g/mol. The molecule has 1 rings (SSSR count). The van der Waals surface area contributed by atoms with Crippen LogP contribution in [0.2, 0.25) is 0 Å². The van der Waals surface area contributed by atoms with E-state index in [2.05, 4.69) is 15.6 Å². The van der Waals surface area contributed by atoms with Crippen molar-refractivity contribution in [2.75, 3.05) is 24.3 Å². The number of thioether (sulfide) groups is 1. The maximum atomic E-state index is 11.4. The third kappa shape index (κ3) is 3.17. The molecule has 0 radical (unpaired) electrons. The summed E-state index contributed by atoms with van der Waals surface area (Å²) in [5.41, 5.74) is 6.02. The van der Waals surface area contributed by atoms with Crippen molar-refractivity contribution in [1.29, 1.82) is 0 Å². The molecular weight excluding hydrogens is 238 g/mol. The number of aromatic nitrogens is 2. The summed E-state index contributed by atoms with van der Waals surface area (Å²) in [4.78, 5) is 15.5. The molecule has 0 fully saturated rings. The molecule has 92 valence electrons. The lowest BCUT2D eigenvalue weighted by molar-refractivity contribution is 0.0595. The molecule has 1 aromatic heterocycles. The fraction of sp³-hybridized carbons (Fsp3) is 0.455. The zero-order chi connectivity index (χ0) is 12.8. The molecule has 0 aliphatic heterocycles. The Morgan fingerprint density at radius 3 is 3.00 bits per heavy atom. The van der Waals surface area contributed by atoms with E-state index in [1.165, 1.54) is 7.11 Å². The molecule has 0 atom stereocenters. The number of terminal acetylenes is 1. The first-order valence-corrected chi connectivity index (χ1v) is 6.19. The van der Waals surface area contributed by atoms with Crippen molar-refractivity contribution in [1.82, 2.24) is 9.55 Å². The number of ether oxygens (including phenoxy) is 1. The number of carbonyl (C=O) groups excluding carboxylic acids is 1. The molecule has 0 unspecified atom stereocenters. The normalized spacial score (nSPS) is 9.94. The molecule has 5 nitrogen and oxygen atoms in total. The second kappa shape index (κ2) is 6.21. The molecule has 1 aromatic rings. The number of rotatable bonds is 5. The highest BCUT2D eigenvalue weighted by Gasteiger charge is 2.18.